The molecule has 0 aliphatic heterocycles. The van der Waals surface area contributed by atoms with Gasteiger partial charge in [-0.25, -0.2) is 4.79 Å². The van der Waals surface area contributed by atoms with Crippen LogP contribution in [0.5, 0.6) is 0 Å². The molecule has 2 unspecified atom stereocenters. The predicted molar refractivity (Wildman–Crippen MR) is 172 cm³/mol. The fourth-order valence-electron chi connectivity index (χ4n) is 4.92. The number of para-hydroxylation sites is 1. The molecule has 226 valence electrons. The van der Waals surface area contributed by atoms with Crippen LogP contribution in [-0.4, -0.2) is 41.0 Å². The number of hydrogen-bond donors (Lipinski definition) is 2. The number of carbonyl (C=O) groups excluding carboxylic acids is 3. The topological polar surface area (TPSA) is 87.7 Å². The number of benzene rings is 3. The van der Waals surface area contributed by atoms with Crippen molar-refractivity contribution >= 4 is 23.6 Å². The van der Waals surface area contributed by atoms with Gasteiger partial charge in [-0.05, 0) is 69.4 Å². The molecule has 0 radical (unpaired) electrons. The van der Waals surface area contributed by atoms with E-state index in [0.29, 0.717) is 23.2 Å². The largest absolute Gasteiger partial charge is 0.444 e. The maximum atomic E-state index is 14.6. The summed E-state index contributed by atoms with van der Waals surface area (Å²) in [4.78, 5) is 43.4. The average Bonchev–Trinajstić information content (AvgIpc) is 2.96. The number of anilines is 1. The number of unbranched alkanes of at least 4 members (excludes halogenated alkanes) is 1. The highest BCUT2D eigenvalue weighted by atomic mass is 16.6. The van der Waals surface area contributed by atoms with Crippen LogP contribution >= 0.6 is 0 Å². The van der Waals surface area contributed by atoms with E-state index >= 15 is 0 Å². The third kappa shape index (κ3) is 9.21. The van der Waals surface area contributed by atoms with Crippen molar-refractivity contribution < 1.29 is 19.1 Å². The van der Waals surface area contributed by atoms with Gasteiger partial charge in [0.1, 0.15) is 17.7 Å². The molecule has 0 fully saturated rings. The van der Waals surface area contributed by atoms with Crippen LogP contribution in [0.1, 0.15) is 74.4 Å². The highest BCUT2D eigenvalue weighted by molar-refractivity contribution is 6.00. The molecule has 3 aromatic rings. The molecule has 0 aliphatic rings. The number of amides is 3. The monoisotopic (exact) mass is 581 g/mol. The predicted octanol–water partition coefficient (Wildman–Crippen LogP) is 6.73. The van der Waals surface area contributed by atoms with Crippen LogP contribution in [-0.2, 0) is 20.7 Å². The van der Waals surface area contributed by atoms with Gasteiger partial charge in [-0.3, -0.25) is 9.59 Å². The Morgan fingerprint density at radius 3 is 2.16 bits per heavy atom. The molecule has 43 heavy (non-hydrogen) atoms. The Bertz CT molecular complexity index is 1430. The molecular weight excluding hydrogens is 538 g/mol. The summed E-state index contributed by atoms with van der Waals surface area (Å²) in [6.07, 6.45) is 6.82. The zero-order valence-electron chi connectivity index (χ0n) is 26.1. The fraction of sp³-hybridized carbons (Fsp3) is 0.361. The van der Waals surface area contributed by atoms with Crippen LogP contribution < -0.4 is 10.6 Å². The highest BCUT2D eigenvalue weighted by Crippen LogP contribution is 2.29. The lowest BCUT2D eigenvalue weighted by Gasteiger charge is -2.35. The van der Waals surface area contributed by atoms with E-state index in [9.17, 15) is 14.4 Å². The second kappa shape index (κ2) is 15.1. The maximum Gasteiger partial charge on any atom is 0.408 e. The third-order valence-electron chi connectivity index (χ3n) is 7.01. The summed E-state index contributed by atoms with van der Waals surface area (Å²) in [7, 11) is 0. The van der Waals surface area contributed by atoms with Crippen LogP contribution in [0.25, 0.3) is 0 Å². The molecule has 3 rings (SSSR count). The minimum absolute atomic E-state index is 0.212. The number of aryl methyl sites for hydroxylation is 2. The quantitative estimate of drug-likeness (QED) is 0.246. The van der Waals surface area contributed by atoms with E-state index in [1.807, 2.05) is 69.3 Å². The molecule has 2 N–H and O–H groups in total. The number of carbonyl (C=O) groups is 3. The van der Waals surface area contributed by atoms with E-state index in [2.05, 4.69) is 16.6 Å². The maximum absolute atomic E-state index is 14.6. The SMILES string of the molecule is C#Cc1ccccc1C(C(=O)Nc1c(C)cccc1C)N(CCCC)C(=O)C(Cc1ccccc1)NC(=O)OC(C)(C)C. The number of nitrogens with zero attached hydrogens (tertiary/aromatic N) is 1. The zero-order valence-corrected chi connectivity index (χ0v) is 26.1. The van der Waals surface area contributed by atoms with E-state index in [4.69, 9.17) is 11.2 Å². The first-order valence-electron chi connectivity index (χ1n) is 14.7. The summed E-state index contributed by atoms with van der Waals surface area (Å²) >= 11 is 0. The van der Waals surface area contributed by atoms with Crippen LogP contribution in [0.15, 0.2) is 72.8 Å². The highest BCUT2D eigenvalue weighted by Gasteiger charge is 2.37. The van der Waals surface area contributed by atoms with Crippen LogP contribution in [0, 0.1) is 26.2 Å². The second-order valence-corrected chi connectivity index (χ2v) is 11.7. The van der Waals surface area contributed by atoms with Gasteiger partial charge in [0, 0.05) is 24.2 Å². The number of ether oxygens (including phenoxy) is 1. The van der Waals surface area contributed by atoms with Crippen molar-refractivity contribution in [1.29, 1.82) is 0 Å². The Hall–Kier alpha value is -4.57. The Morgan fingerprint density at radius 1 is 0.930 bits per heavy atom. The molecule has 3 aromatic carbocycles. The fourth-order valence-corrected chi connectivity index (χ4v) is 4.92. The molecule has 0 bridgehead atoms. The standard InChI is InChI=1S/C36H43N3O4/c1-8-10-23-39(34(41)30(24-27-19-12-11-13-20-27)37-35(42)43-36(5,6)7)32(29-22-15-14-21-28(29)9-2)33(40)38-31-25(3)17-16-18-26(31)4/h2,11-22,30,32H,8,10,23-24H2,1,3-7H3,(H,37,42)(H,38,40). The van der Waals surface area contributed by atoms with Gasteiger partial charge < -0.3 is 20.3 Å². The van der Waals surface area contributed by atoms with Gasteiger partial charge in [0.25, 0.3) is 5.91 Å². The van der Waals surface area contributed by atoms with Crippen molar-refractivity contribution in [2.24, 2.45) is 0 Å². The van der Waals surface area contributed by atoms with Gasteiger partial charge >= 0.3 is 6.09 Å². The molecule has 0 saturated carbocycles. The van der Waals surface area contributed by atoms with Crippen molar-refractivity contribution in [2.45, 2.75) is 78.5 Å². The van der Waals surface area contributed by atoms with E-state index in [0.717, 1.165) is 23.1 Å². The summed E-state index contributed by atoms with van der Waals surface area (Å²) in [6, 6.07) is 20.3. The van der Waals surface area contributed by atoms with Crippen molar-refractivity contribution in [3.63, 3.8) is 0 Å². The van der Waals surface area contributed by atoms with Gasteiger partial charge in [0.2, 0.25) is 5.91 Å². The minimum atomic E-state index is -1.05. The zero-order chi connectivity index (χ0) is 31.6. The summed E-state index contributed by atoms with van der Waals surface area (Å²) in [5, 5.41) is 5.88. The van der Waals surface area contributed by atoms with Crippen molar-refractivity contribution in [3.8, 4) is 12.3 Å². The first-order valence-corrected chi connectivity index (χ1v) is 14.7. The summed E-state index contributed by atoms with van der Waals surface area (Å²) in [5.41, 5.74) is 3.63. The van der Waals surface area contributed by atoms with Gasteiger partial charge in [-0.15, -0.1) is 6.42 Å². The lowest BCUT2D eigenvalue weighted by molar-refractivity contribution is -0.140. The normalized spacial score (nSPS) is 12.4. The first-order chi connectivity index (χ1) is 20.4. The molecule has 0 spiro atoms. The lowest BCUT2D eigenvalue weighted by atomic mass is 9.96. The second-order valence-electron chi connectivity index (χ2n) is 11.7. The Balaban J connectivity index is 2.13. The van der Waals surface area contributed by atoms with Crippen molar-refractivity contribution in [1.82, 2.24) is 10.2 Å². The first kappa shape index (κ1) is 32.9. The van der Waals surface area contributed by atoms with Crippen molar-refractivity contribution in [2.75, 3.05) is 11.9 Å². The van der Waals surface area contributed by atoms with E-state index in [1.165, 1.54) is 0 Å². The summed E-state index contributed by atoms with van der Waals surface area (Å²) < 4.78 is 5.52. The number of rotatable bonds is 11. The molecule has 0 aromatic heterocycles. The molecule has 0 aliphatic carbocycles. The number of alkyl carbamates (subject to hydrolysis) is 1. The van der Waals surface area contributed by atoms with E-state index in [1.54, 1.807) is 49.9 Å². The van der Waals surface area contributed by atoms with Crippen LogP contribution in [0.4, 0.5) is 10.5 Å². The average molecular weight is 582 g/mol. The molecule has 7 heteroatoms. The Morgan fingerprint density at radius 2 is 1.56 bits per heavy atom. The number of nitrogens with one attached hydrogen (secondary N) is 2. The Kier molecular flexibility index (Phi) is 11.5. The summed E-state index contributed by atoms with van der Waals surface area (Å²) in [5.74, 6) is 1.89. The molecule has 0 saturated heterocycles. The van der Waals surface area contributed by atoms with E-state index in [-0.39, 0.29) is 18.9 Å². The number of hydrogen-bond acceptors (Lipinski definition) is 4. The number of terminal acetylenes is 1. The van der Waals surface area contributed by atoms with Gasteiger partial charge in [0.15, 0.2) is 0 Å². The third-order valence-corrected chi connectivity index (χ3v) is 7.01. The van der Waals surface area contributed by atoms with Gasteiger partial charge in [0.05, 0.1) is 0 Å². The van der Waals surface area contributed by atoms with Crippen LogP contribution in [0.2, 0.25) is 0 Å². The Labute approximate surface area is 256 Å². The minimum Gasteiger partial charge on any atom is -0.444 e. The molecule has 7 nitrogen and oxygen atoms in total. The summed E-state index contributed by atoms with van der Waals surface area (Å²) in [6.45, 7) is 11.4. The van der Waals surface area contributed by atoms with Crippen molar-refractivity contribution in [3.05, 3.63) is 101 Å². The molecular formula is C36H43N3O4. The molecule has 3 amide bonds. The van der Waals surface area contributed by atoms with Gasteiger partial charge in [-0.2, -0.15) is 0 Å². The van der Waals surface area contributed by atoms with E-state index < -0.39 is 29.7 Å². The van der Waals surface area contributed by atoms with Crippen LogP contribution in [0.3, 0.4) is 0 Å². The smallest absolute Gasteiger partial charge is 0.408 e. The molecule has 0 heterocycles. The lowest BCUT2D eigenvalue weighted by Crippen LogP contribution is -2.53. The molecule has 2 atom stereocenters. The van der Waals surface area contributed by atoms with Gasteiger partial charge in [-0.1, -0.05) is 86.0 Å².